The number of methoxy groups -OCH3 is 1. The second-order valence-corrected chi connectivity index (χ2v) is 3.59. The van der Waals surface area contributed by atoms with E-state index in [0.29, 0.717) is 0 Å². The summed E-state index contributed by atoms with van der Waals surface area (Å²) < 4.78 is 31.5. The SMILES string of the molecule is COC(=O)C(F)(F)C(C[N+](=O)[O-])c1ccccc1. The lowest BCUT2D eigenvalue weighted by molar-refractivity contribution is -0.487. The van der Waals surface area contributed by atoms with Gasteiger partial charge < -0.3 is 4.74 Å². The summed E-state index contributed by atoms with van der Waals surface area (Å²) in [6.07, 6.45) is 0. The predicted octanol–water partition coefficient (Wildman–Crippen LogP) is 1.86. The van der Waals surface area contributed by atoms with Crippen molar-refractivity contribution in [1.82, 2.24) is 0 Å². The molecule has 0 aromatic heterocycles. The molecule has 7 heteroatoms. The van der Waals surface area contributed by atoms with Gasteiger partial charge in [0.05, 0.1) is 7.11 Å². The van der Waals surface area contributed by atoms with Crippen LogP contribution in [0.2, 0.25) is 0 Å². The number of esters is 1. The van der Waals surface area contributed by atoms with Crippen LogP contribution in [0.1, 0.15) is 11.5 Å². The van der Waals surface area contributed by atoms with Crippen LogP contribution in [0.5, 0.6) is 0 Å². The lowest BCUT2D eigenvalue weighted by atomic mass is 9.92. The molecular formula is C11H11F2NO4. The summed E-state index contributed by atoms with van der Waals surface area (Å²) in [5.41, 5.74) is 0.0181. The van der Waals surface area contributed by atoms with Crippen molar-refractivity contribution in [1.29, 1.82) is 0 Å². The molecule has 1 rings (SSSR count). The maximum absolute atomic E-state index is 13.7. The van der Waals surface area contributed by atoms with Gasteiger partial charge in [-0.25, -0.2) is 4.79 Å². The van der Waals surface area contributed by atoms with Crippen molar-refractivity contribution in [2.24, 2.45) is 0 Å². The van der Waals surface area contributed by atoms with Gasteiger partial charge in [0.15, 0.2) is 0 Å². The first kappa shape index (κ1) is 14.0. The number of carbonyl (C=O) groups excluding carboxylic acids is 1. The van der Waals surface area contributed by atoms with Crippen molar-refractivity contribution in [2.45, 2.75) is 11.8 Å². The molecule has 1 aromatic rings. The Morgan fingerprint density at radius 3 is 2.44 bits per heavy atom. The molecule has 5 nitrogen and oxygen atoms in total. The fourth-order valence-electron chi connectivity index (χ4n) is 1.54. The summed E-state index contributed by atoms with van der Waals surface area (Å²) >= 11 is 0. The summed E-state index contributed by atoms with van der Waals surface area (Å²) in [7, 11) is 0.810. The molecule has 0 aliphatic rings. The fourth-order valence-corrected chi connectivity index (χ4v) is 1.54. The van der Waals surface area contributed by atoms with E-state index in [4.69, 9.17) is 0 Å². The third-order valence-corrected chi connectivity index (χ3v) is 2.43. The molecule has 0 radical (unpaired) electrons. The number of hydrogen-bond donors (Lipinski definition) is 0. The van der Waals surface area contributed by atoms with Gasteiger partial charge in [-0.15, -0.1) is 0 Å². The molecule has 18 heavy (non-hydrogen) atoms. The molecule has 0 amide bonds. The van der Waals surface area contributed by atoms with Crippen LogP contribution in [0.15, 0.2) is 30.3 Å². The summed E-state index contributed by atoms with van der Waals surface area (Å²) in [6, 6.07) is 7.14. The van der Waals surface area contributed by atoms with Crippen molar-refractivity contribution in [2.75, 3.05) is 13.7 Å². The normalized spacial score (nSPS) is 12.8. The molecule has 1 aromatic carbocycles. The second kappa shape index (κ2) is 5.52. The number of nitro groups is 1. The summed E-state index contributed by atoms with van der Waals surface area (Å²) in [6.45, 7) is -1.05. The Kier molecular flexibility index (Phi) is 4.30. The van der Waals surface area contributed by atoms with Gasteiger partial charge in [-0.1, -0.05) is 30.3 Å². The van der Waals surface area contributed by atoms with Crippen molar-refractivity contribution in [3.8, 4) is 0 Å². The van der Waals surface area contributed by atoms with Gasteiger partial charge in [0.1, 0.15) is 5.92 Å². The van der Waals surface area contributed by atoms with Gasteiger partial charge in [0.2, 0.25) is 6.54 Å². The highest BCUT2D eigenvalue weighted by molar-refractivity contribution is 5.78. The first-order valence-electron chi connectivity index (χ1n) is 5.02. The van der Waals surface area contributed by atoms with Gasteiger partial charge in [0, 0.05) is 4.92 Å². The van der Waals surface area contributed by atoms with Gasteiger partial charge in [-0.05, 0) is 5.56 Å². The molecule has 98 valence electrons. The first-order chi connectivity index (χ1) is 8.39. The topological polar surface area (TPSA) is 69.4 Å². The Labute approximate surface area is 102 Å². The number of nitrogens with zero attached hydrogens (tertiary/aromatic N) is 1. The average molecular weight is 259 g/mol. The highest BCUT2D eigenvalue weighted by Crippen LogP contribution is 2.34. The third-order valence-electron chi connectivity index (χ3n) is 2.43. The minimum absolute atomic E-state index is 0.0181. The van der Waals surface area contributed by atoms with Gasteiger partial charge in [-0.2, -0.15) is 8.78 Å². The highest BCUT2D eigenvalue weighted by atomic mass is 19.3. The van der Waals surface area contributed by atoms with Crippen molar-refractivity contribution >= 4 is 5.97 Å². The summed E-state index contributed by atoms with van der Waals surface area (Å²) in [5.74, 6) is -7.57. The van der Waals surface area contributed by atoms with Gasteiger partial charge in [0.25, 0.3) is 0 Å². The smallest absolute Gasteiger partial charge is 0.377 e. The Bertz CT molecular complexity index is 436. The van der Waals surface area contributed by atoms with Crippen molar-refractivity contribution in [3.63, 3.8) is 0 Å². The summed E-state index contributed by atoms with van der Waals surface area (Å²) in [5, 5.41) is 10.5. The fraction of sp³-hybridized carbons (Fsp3) is 0.364. The number of halogens is 2. The number of ether oxygens (including phenoxy) is 1. The Balaban J connectivity index is 3.13. The molecule has 1 atom stereocenters. The molecule has 0 fully saturated rings. The molecule has 0 saturated heterocycles. The summed E-state index contributed by atoms with van der Waals surface area (Å²) in [4.78, 5) is 20.6. The molecule has 0 saturated carbocycles. The van der Waals surface area contributed by atoms with E-state index in [1.807, 2.05) is 0 Å². The largest absolute Gasteiger partial charge is 0.465 e. The van der Waals surface area contributed by atoms with Crippen LogP contribution in [-0.2, 0) is 9.53 Å². The Morgan fingerprint density at radius 2 is 2.00 bits per heavy atom. The van der Waals surface area contributed by atoms with Crippen molar-refractivity contribution < 1.29 is 23.2 Å². The van der Waals surface area contributed by atoms with E-state index in [1.54, 1.807) is 6.07 Å². The quantitative estimate of drug-likeness (QED) is 0.459. The third kappa shape index (κ3) is 2.99. The van der Waals surface area contributed by atoms with E-state index in [1.165, 1.54) is 24.3 Å². The number of carbonyl (C=O) groups is 1. The molecule has 0 heterocycles. The van der Waals surface area contributed by atoms with Crippen LogP contribution in [0, 0.1) is 10.1 Å². The first-order valence-corrected chi connectivity index (χ1v) is 5.02. The molecule has 0 aliphatic heterocycles. The van der Waals surface area contributed by atoms with Gasteiger partial charge in [-0.3, -0.25) is 10.1 Å². The van der Waals surface area contributed by atoms with E-state index in [0.717, 1.165) is 7.11 Å². The van der Waals surface area contributed by atoms with E-state index in [2.05, 4.69) is 4.74 Å². The minimum Gasteiger partial charge on any atom is -0.465 e. The number of alkyl halides is 2. The maximum atomic E-state index is 13.7. The lowest BCUT2D eigenvalue weighted by Crippen LogP contribution is -2.40. The zero-order chi connectivity index (χ0) is 13.8. The molecular weight excluding hydrogens is 248 g/mol. The predicted molar refractivity (Wildman–Crippen MR) is 58.0 cm³/mol. The van der Waals surface area contributed by atoms with E-state index < -0.39 is 29.3 Å². The van der Waals surface area contributed by atoms with Crippen LogP contribution in [0.3, 0.4) is 0 Å². The zero-order valence-corrected chi connectivity index (χ0v) is 9.51. The molecule has 0 N–H and O–H groups in total. The number of benzene rings is 1. The molecule has 0 aliphatic carbocycles. The maximum Gasteiger partial charge on any atom is 0.377 e. The van der Waals surface area contributed by atoms with Gasteiger partial charge >= 0.3 is 11.9 Å². The lowest BCUT2D eigenvalue weighted by Gasteiger charge is -2.21. The zero-order valence-electron chi connectivity index (χ0n) is 9.51. The number of rotatable bonds is 5. The van der Waals surface area contributed by atoms with Crippen LogP contribution in [0.4, 0.5) is 8.78 Å². The van der Waals surface area contributed by atoms with Crippen molar-refractivity contribution in [3.05, 3.63) is 46.0 Å². The molecule has 1 unspecified atom stereocenters. The number of hydrogen-bond acceptors (Lipinski definition) is 4. The Hall–Kier alpha value is -2.05. The van der Waals surface area contributed by atoms with Crippen LogP contribution >= 0.6 is 0 Å². The minimum atomic E-state index is -3.94. The molecule has 0 bridgehead atoms. The van der Waals surface area contributed by atoms with E-state index in [9.17, 15) is 23.7 Å². The van der Waals surface area contributed by atoms with E-state index in [-0.39, 0.29) is 5.56 Å². The van der Waals surface area contributed by atoms with Crippen LogP contribution in [-0.4, -0.2) is 30.5 Å². The highest BCUT2D eigenvalue weighted by Gasteiger charge is 2.51. The standard InChI is InChI=1S/C11H11F2NO4/c1-18-10(15)11(12,13)9(7-14(16)17)8-5-3-2-4-6-8/h2-6,9H,7H2,1H3. The van der Waals surface area contributed by atoms with Crippen LogP contribution < -0.4 is 0 Å². The van der Waals surface area contributed by atoms with E-state index >= 15 is 0 Å². The monoisotopic (exact) mass is 259 g/mol. The van der Waals surface area contributed by atoms with Crippen LogP contribution in [0.25, 0.3) is 0 Å². The Morgan fingerprint density at radius 1 is 1.44 bits per heavy atom. The average Bonchev–Trinajstić information content (AvgIpc) is 2.35. The second-order valence-electron chi connectivity index (χ2n) is 3.59. The molecule has 0 spiro atoms.